The van der Waals surface area contributed by atoms with E-state index in [1.165, 1.54) is 4.90 Å². The molecule has 31 heavy (non-hydrogen) atoms. The number of carboxylic acid groups (broad SMARTS) is 1. The number of imidazole rings is 1. The first-order chi connectivity index (χ1) is 14.7. The summed E-state index contributed by atoms with van der Waals surface area (Å²) in [5.74, 6) is 0.701. The van der Waals surface area contributed by atoms with E-state index in [0.717, 1.165) is 11.3 Å². The molecule has 0 saturated heterocycles. The van der Waals surface area contributed by atoms with Crippen molar-refractivity contribution >= 4 is 6.09 Å². The number of carbonyl (C=O) groups is 1. The lowest BCUT2D eigenvalue weighted by Crippen LogP contribution is -2.47. The van der Waals surface area contributed by atoms with E-state index < -0.39 is 6.09 Å². The minimum Gasteiger partial charge on any atom is -0.497 e. The fourth-order valence-electron chi connectivity index (χ4n) is 4.24. The van der Waals surface area contributed by atoms with Gasteiger partial charge in [0.25, 0.3) is 0 Å². The molecule has 1 atom stereocenters. The first-order valence-electron chi connectivity index (χ1n) is 10.3. The molecule has 162 valence electrons. The number of amides is 1. The van der Waals surface area contributed by atoms with E-state index in [4.69, 9.17) is 4.74 Å². The zero-order valence-corrected chi connectivity index (χ0v) is 18.2. The molecule has 0 aliphatic carbocycles. The Morgan fingerprint density at radius 2 is 1.71 bits per heavy atom. The minimum absolute atomic E-state index is 0.157. The van der Waals surface area contributed by atoms with Gasteiger partial charge in [-0.25, -0.2) is 9.59 Å². The van der Waals surface area contributed by atoms with Crippen molar-refractivity contribution in [3.63, 3.8) is 0 Å². The van der Waals surface area contributed by atoms with Crippen LogP contribution in [0.3, 0.4) is 0 Å². The lowest BCUT2D eigenvalue weighted by atomic mass is 9.85. The second-order valence-electron chi connectivity index (χ2n) is 8.89. The molecule has 1 unspecified atom stereocenters. The quantitative estimate of drug-likeness (QED) is 0.680. The van der Waals surface area contributed by atoms with Gasteiger partial charge in [0.15, 0.2) is 0 Å². The van der Waals surface area contributed by atoms with Crippen LogP contribution in [0.2, 0.25) is 0 Å². The molecule has 0 radical (unpaired) electrons. The summed E-state index contributed by atoms with van der Waals surface area (Å²) in [4.78, 5) is 27.2. The molecular formula is C24H27N3O4. The Labute approximate surface area is 181 Å². The summed E-state index contributed by atoms with van der Waals surface area (Å²) in [6.45, 7) is 6.53. The Kier molecular flexibility index (Phi) is 5.13. The normalized spacial score (nSPS) is 16.1. The Morgan fingerprint density at radius 3 is 2.26 bits per heavy atom. The lowest BCUT2D eigenvalue weighted by Gasteiger charge is -2.39. The van der Waals surface area contributed by atoms with Gasteiger partial charge in [-0.1, -0.05) is 51.1 Å². The number of benzene rings is 2. The Morgan fingerprint density at radius 1 is 1.06 bits per heavy atom. The predicted octanol–water partition coefficient (Wildman–Crippen LogP) is 4.40. The van der Waals surface area contributed by atoms with E-state index in [2.05, 4.69) is 0 Å². The van der Waals surface area contributed by atoms with Gasteiger partial charge in [-0.3, -0.25) is 9.13 Å². The van der Waals surface area contributed by atoms with Crippen molar-refractivity contribution in [1.82, 2.24) is 14.0 Å². The Balaban J connectivity index is 2.04. The number of aromatic nitrogens is 2. The number of fused-ring (bicyclic) bond motifs is 1. The van der Waals surface area contributed by atoms with Gasteiger partial charge < -0.3 is 14.7 Å². The van der Waals surface area contributed by atoms with E-state index in [1.807, 2.05) is 75.4 Å². The maximum absolute atomic E-state index is 13.8. The molecule has 1 amide bonds. The maximum Gasteiger partial charge on any atom is 0.407 e. The topological polar surface area (TPSA) is 76.7 Å². The molecule has 1 aromatic heterocycles. The van der Waals surface area contributed by atoms with Gasteiger partial charge in [-0.2, -0.15) is 0 Å². The molecular weight excluding hydrogens is 394 g/mol. The molecule has 0 saturated carbocycles. The van der Waals surface area contributed by atoms with Gasteiger partial charge in [0.05, 0.1) is 36.8 Å². The van der Waals surface area contributed by atoms with Crippen molar-refractivity contribution in [3.05, 3.63) is 70.8 Å². The molecule has 0 fully saturated rings. The van der Waals surface area contributed by atoms with Crippen molar-refractivity contribution in [2.24, 2.45) is 5.41 Å². The van der Waals surface area contributed by atoms with Crippen molar-refractivity contribution in [3.8, 4) is 22.7 Å². The summed E-state index contributed by atoms with van der Waals surface area (Å²) >= 11 is 0. The van der Waals surface area contributed by atoms with Gasteiger partial charge in [0.1, 0.15) is 5.75 Å². The molecule has 3 aromatic rings. The van der Waals surface area contributed by atoms with E-state index in [9.17, 15) is 14.7 Å². The van der Waals surface area contributed by atoms with E-state index in [1.54, 1.807) is 16.2 Å². The fraction of sp³-hybridized carbons (Fsp3) is 0.333. The molecule has 1 N–H and O–H groups in total. The highest BCUT2D eigenvalue weighted by atomic mass is 16.5. The van der Waals surface area contributed by atoms with Crippen molar-refractivity contribution < 1.29 is 14.6 Å². The van der Waals surface area contributed by atoms with Gasteiger partial charge in [-0.05, 0) is 29.7 Å². The summed E-state index contributed by atoms with van der Waals surface area (Å²) in [6, 6.07) is 16.7. The van der Waals surface area contributed by atoms with Gasteiger partial charge in [0, 0.05) is 12.1 Å². The van der Waals surface area contributed by atoms with Crippen LogP contribution in [0, 0.1) is 5.41 Å². The van der Waals surface area contributed by atoms with Gasteiger partial charge in [0.2, 0.25) is 0 Å². The van der Waals surface area contributed by atoms with Crippen molar-refractivity contribution in [1.29, 1.82) is 0 Å². The third-order valence-electron chi connectivity index (χ3n) is 5.88. The largest absolute Gasteiger partial charge is 0.497 e. The fourth-order valence-corrected chi connectivity index (χ4v) is 4.24. The number of methoxy groups -OCH3 is 1. The number of rotatable bonds is 3. The molecule has 2 aromatic carbocycles. The first-order valence-corrected chi connectivity index (χ1v) is 10.3. The predicted molar refractivity (Wildman–Crippen MR) is 119 cm³/mol. The van der Waals surface area contributed by atoms with Crippen LogP contribution in [-0.4, -0.2) is 38.9 Å². The van der Waals surface area contributed by atoms with Gasteiger partial charge in [-0.15, -0.1) is 0 Å². The highest BCUT2D eigenvalue weighted by Gasteiger charge is 2.39. The summed E-state index contributed by atoms with van der Waals surface area (Å²) in [6.07, 6.45) is -0.982. The summed E-state index contributed by atoms with van der Waals surface area (Å²) in [7, 11) is 1.60. The van der Waals surface area contributed by atoms with E-state index >= 15 is 0 Å². The molecule has 4 rings (SSSR count). The van der Waals surface area contributed by atoms with Gasteiger partial charge >= 0.3 is 11.8 Å². The zero-order chi connectivity index (χ0) is 22.3. The van der Waals surface area contributed by atoms with Crippen LogP contribution in [0.5, 0.6) is 5.75 Å². The summed E-state index contributed by atoms with van der Waals surface area (Å²) in [5, 5.41) is 9.78. The number of nitrogens with zero attached hydrogens (tertiary/aromatic N) is 3. The molecule has 2 heterocycles. The molecule has 0 spiro atoms. The van der Waals surface area contributed by atoms with Crippen LogP contribution in [0.1, 0.15) is 32.5 Å². The SMILES string of the molecule is COc1ccc(-n2c(-c3ccccc3)c3n(c2=O)C(C(C)(C)C)CN(C(=O)O)C3)cc1. The third kappa shape index (κ3) is 3.60. The Bertz CT molecular complexity index is 1150. The van der Waals surface area contributed by atoms with Crippen LogP contribution >= 0.6 is 0 Å². The number of hydrogen-bond acceptors (Lipinski definition) is 3. The third-order valence-corrected chi connectivity index (χ3v) is 5.88. The summed E-state index contributed by atoms with van der Waals surface area (Å²) in [5.41, 5.74) is 2.53. The molecule has 0 bridgehead atoms. The van der Waals surface area contributed by atoms with Crippen molar-refractivity contribution in [2.75, 3.05) is 13.7 Å². The van der Waals surface area contributed by atoms with Crippen LogP contribution < -0.4 is 10.4 Å². The van der Waals surface area contributed by atoms with Crippen LogP contribution in [0.25, 0.3) is 16.9 Å². The average Bonchev–Trinajstić information content (AvgIpc) is 3.05. The van der Waals surface area contributed by atoms with E-state index in [-0.39, 0.29) is 30.2 Å². The first kappa shape index (κ1) is 20.8. The smallest absolute Gasteiger partial charge is 0.407 e. The molecule has 1 aliphatic heterocycles. The minimum atomic E-state index is -0.982. The summed E-state index contributed by atoms with van der Waals surface area (Å²) < 4.78 is 8.76. The van der Waals surface area contributed by atoms with E-state index in [0.29, 0.717) is 17.1 Å². The molecule has 7 heteroatoms. The van der Waals surface area contributed by atoms with Crippen LogP contribution in [0.15, 0.2) is 59.4 Å². The van der Waals surface area contributed by atoms with Crippen molar-refractivity contribution in [2.45, 2.75) is 33.4 Å². The lowest BCUT2D eigenvalue weighted by molar-refractivity contribution is 0.0939. The monoisotopic (exact) mass is 421 g/mol. The number of hydrogen-bond donors (Lipinski definition) is 1. The second kappa shape index (κ2) is 7.65. The van der Waals surface area contributed by atoms with Crippen LogP contribution in [-0.2, 0) is 6.54 Å². The number of ether oxygens (including phenoxy) is 1. The zero-order valence-electron chi connectivity index (χ0n) is 18.2. The Hall–Kier alpha value is -3.48. The van der Waals surface area contributed by atoms with Crippen LogP contribution in [0.4, 0.5) is 4.79 Å². The average molecular weight is 421 g/mol. The highest BCUT2D eigenvalue weighted by Crippen LogP contribution is 2.39. The standard InChI is InChI=1S/C24H27N3O4/c1-24(2,3)20-15-25(23(29)30)14-19-21(16-8-6-5-7-9-16)26(22(28)27(19)20)17-10-12-18(31-4)13-11-17/h5-13,20H,14-15H2,1-4H3,(H,29,30). The molecule has 7 nitrogen and oxygen atoms in total. The molecule has 1 aliphatic rings. The second-order valence-corrected chi connectivity index (χ2v) is 8.89. The maximum atomic E-state index is 13.8. The highest BCUT2D eigenvalue weighted by molar-refractivity contribution is 5.69.